The molecule has 9 heteroatoms. The number of carbonyl (C=O) groups excluding carboxylic acids is 2. The summed E-state index contributed by atoms with van der Waals surface area (Å²) >= 11 is 0. The molecular formula is C21H29N3O6. The highest BCUT2D eigenvalue weighted by Crippen LogP contribution is 2.31. The van der Waals surface area contributed by atoms with Gasteiger partial charge in [0.2, 0.25) is 5.91 Å². The quantitative estimate of drug-likeness (QED) is 0.731. The van der Waals surface area contributed by atoms with Gasteiger partial charge in [-0.25, -0.2) is 9.59 Å². The Hall–Kier alpha value is -2.81. The number of rotatable bonds is 6. The van der Waals surface area contributed by atoms with Crippen molar-refractivity contribution in [2.75, 3.05) is 20.7 Å². The van der Waals surface area contributed by atoms with Crippen molar-refractivity contribution in [3.8, 4) is 0 Å². The minimum Gasteiger partial charge on any atom is -0.465 e. The predicted molar refractivity (Wildman–Crippen MR) is 108 cm³/mol. The van der Waals surface area contributed by atoms with E-state index >= 15 is 0 Å². The van der Waals surface area contributed by atoms with E-state index in [2.05, 4.69) is 5.32 Å². The van der Waals surface area contributed by atoms with Gasteiger partial charge in [0.05, 0.1) is 18.2 Å². The van der Waals surface area contributed by atoms with Crippen LogP contribution in [0.1, 0.15) is 31.2 Å². The fraction of sp³-hybridized carbons (Fsp3) is 0.571. The summed E-state index contributed by atoms with van der Waals surface area (Å²) in [5.74, 6) is -0.198. The van der Waals surface area contributed by atoms with E-state index < -0.39 is 18.2 Å². The van der Waals surface area contributed by atoms with Gasteiger partial charge in [0, 0.05) is 20.7 Å². The molecule has 2 fully saturated rings. The predicted octanol–water partition coefficient (Wildman–Crippen LogP) is 2.06. The molecule has 1 aromatic rings. The Kier molecular flexibility index (Phi) is 7.15. The molecule has 1 saturated carbocycles. The van der Waals surface area contributed by atoms with Gasteiger partial charge in [0.15, 0.2) is 0 Å². The fourth-order valence-corrected chi connectivity index (χ4v) is 4.30. The van der Waals surface area contributed by atoms with Crippen molar-refractivity contribution < 1.29 is 29.0 Å². The number of carbonyl (C=O) groups is 3. The van der Waals surface area contributed by atoms with E-state index in [1.165, 1.54) is 11.9 Å². The summed E-state index contributed by atoms with van der Waals surface area (Å²) in [6, 6.07) is 8.05. The van der Waals surface area contributed by atoms with Gasteiger partial charge in [-0.2, -0.15) is 0 Å². The highest BCUT2D eigenvalue weighted by Gasteiger charge is 2.44. The molecule has 3 amide bonds. The summed E-state index contributed by atoms with van der Waals surface area (Å²) < 4.78 is 10.6. The maximum atomic E-state index is 13.0. The van der Waals surface area contributed by atoms with E-state index in [1.54, 1.807) is 12.0 Å². The highest BCUT2D eigenvalue weighted by atomic mass is 16.5. The first-order chi connectivity index (χ1) is 14.4. The van der Waals surface area contributed by atoms with Gasteiger partial charge >= 0.3 is 12.2 Å². The zero-order valence-corrected chi connectivity index (χ0v) is 17.3. The molecule has 0 unspecified atom stereocenters. The van der Waals surface area contributed by atoms with E-state index in [0.717, 1.165) is 12.0 Å². The standard InChI is InChI=1S/C21H29N3O6/c1-23(21(27)28)18-12-15(29-2)8-9-17(18)24-11-10-16(19(24)25)22-20(26)30-13-14-6-4-3-5-7-14/h3-7,15-18H,8-13H2,1-2H3,(H,22,26)(H,27,28)/t15-,16+,17+,18+/m1/s1. The minimum atomic E-state index is -1.03. The maximum absolute atomic E-state index is 13.0. The van der Waals surface area contributed by atoms with Crippen molar-refractivity contribution in [2.24, 2.45) is 0 Å². The molecule has 1 heterocycles. The molecule has 2 N–H and O–H groups in total. The third-order valence-corrected chi connectivity index (χ3v) is 6.01. The number of benzene rings is 1. The second kappa shape index (κ2) is 9.80. The molecule has 2 aliphatic rings. The Morgan fingerprint density at radius 1 is 1.23 bits per heavy atom. The molecule has 4 atom stereocenters. The van der Waals surface area contributed by atoms with E-state index in [1.807, 2.05) is 30.3 Å². The number of hydrogen-bond donors (Lipinski definition) is 2. The van der Waals surface area contributed by atoms with Crippen LogP contribution >= 0.6 is 0 Å². The largest absolute Gasteiger partial charge is 0.465 e. The molecule has 0 spiro atoms. The number of ether oxygens (including phenoxy) is 2. The molecule has 0 radical (unpaired) electrons. The van der Waals surface area contributed by atoms with Crippen molar-refractivity contribution in [3.63, 3.8) is 0 Å². The van der Waals surface area contributed by atoms with Crippen LogP contribution in [-0.4, -0.2) is 77.9 Å². The van der Waals surface area contributed by atoms with Gasteiger partial charge < -0.3 is 29.7 Å². The van der Waals surface area contributed by atoms with Crippen molar-refractivity contribution in [1.29, 1.82) is 0 Å². The molecule has 30 heavy (non-hydrogen) atoms. The molecule has 1 aliphatic heterocycles. The van der Waals surface area contributed by atoms with Crippen LogP contribution in [0.5, 0.6) is 0 Å². The van der Waals surface area contributed by atoms with Crippen LogP contribution in [0.2, 0.25) is 0 Å². The molecule has 0 bridgehead atoms. The van der Waals surface area contributed by atoms with Gasteiger partial charge in [-0.15, -0.1) is 0 Å². The lowest BCUT2D eigenvalue weighted by Crippen LogP contribution is -2.57. The Bertz CT molecular complexity index is 758. The molecule has 0 aromatic heterocycles. The van der Waals surface area contributed by atoms with Crippen molar-refractivity contribution in [3.05, 3.63) is 35.9 Å². The molecule has 1 aliphatic carbocycles. The Morgan fingerprint density at radius 3 is 2.63 bits per heavy atom. The number of nitrogens with zero attached hydrogens (tertiary/aromatic N) is 2. The fourth-order valence-electron chi connectivity index (χ4n) is 4.30. The third-order valence-electron chi connectivity index (χ3n) is 6.01. The summed E-state index contributed by atoms with van der Waals surface area (Å²) in [7, 11) is 3.14. The first-order valence-electron chi connectivity index (χ1n) is 10.2. The van der Waals surface area contributed by atoms with Gasteiger partial charge in [0.25, 0.3) is 0 Å². The van der Waals surface area contributed by atoms with E-state index in [-0.39, 0.29) is 30.7 Å². The van der Waals surface area contributed by atoms with Gasteiger partial charge in [0.1, 0.15) is 12.6 Å². The summed E-state index contributed by atoms with van der Waals surface area (Å²) in [5.41, 5.74) is 0.862. The normalized spacial score (nSPS) is 26.3. The van der Waals surface area contributed by atoms with Crippen LogP contribution in [0.25, 0.3) is 0 Å². The van der Waals surface area contributed by atoms with E-state index in [0.29, 0.717) is 25.8 Å². The summed E-state index contributed by atoms with van der Waals surface area (Å²) in [6.45, 7) is 0.596. The van der Waals surface area contributed by atoms with E-state index in [9.17, 15) is 19.5 Å². The second-order valence-corrected chi connectivity index (χ2v) is 7.78. The van der Waals surface area contributed by atoms with Crippen molar-refractivity contribution >= 4 is 18.1 Å². The topological polar surface area (TPSA) is 108 Å². The number of nitrogens with one attached hydrogen (secondary N) is 1. The zero-order chi connectivity index (χ0) is 21.7. The summed E-state index contributed by atoms with van der Waals surface area (Å²) in [5, 5.41) is 12.1. The molecule has 1 aromatic carbocycles. The number of methoxy groups -OCH3 is 1. The monoisotopic (exact) mass is 419 g/mol. The number of carboxylic acid groups (broad SMARTS) is 1. The Balaban J connectivity index is 1.59. The average molecular weight is 419 g/mol. The van der Waals surface area contributed by atoms with Gasteiger partial charge in [-0.3, -0.25) is 4.79 Å². The number of likely N-dealkylation sites (tertiary alicyclic amines) is 1. The van der Waals surface area contributed by atoms with Crippen LogP contribution in [0, 0.1) is 0 Å². The summed E-state index contributed by atoms with van der Waals surface area (Å²) in [4.78, 5) is 39.6. The SMILES string of the molecule is CO[C@@H]1CC[C@H](N2CC[C@H](NC(=O)OCc3ccccc3)C2=O)[C@@H](N(C)C(=O)O)C1. The van der Waals surface area contributed by atoms with Crippen LogP contribution in [0.4, 0.5) is 9.59 Å². The number of alkyl carbamates (subject to hydrolysis) is 1. The highest BCUT2D eigenvalue weighted by molar-refractivity contribution is 5.87. The van der Waals surface area contributed by atoms with Crippen LogP contribution < -0.4 is 5.32 Å². The third kappa shape index (κ3) is 5.02. The van der Waals surface area contributed by atoms with Crippen LogP contribution in [0.3, 0.4) is 0 Å². The first-order valence-corrected chi connectivity index (χ1v) is 10.2. The second-order valence-electron chi connectivity index (χ2n) is 7.78. The maximum Gasteiger partial charge on any atom is 0.408 e. The number of amides is 3. The molecule has 9 nitrogen and oxygen atoms in total. The lowest BCUT2D eigenvalue weighted by atomic mass is 9.86. The minimum absolute atomic E-state index is 0.0346. The molecule has 3 rings (SSSR count). The van der Waals surface area contributed by atoms with E-state index in [4.69, 9.17) is 9.47 Å². The molecule has 164 valence electrons. The Labute approximate surface area is 175 Å². The molecular weight excluding hydrogens is 390 g/mol. The lowest BCUT2D eigenvalue weighted by molar-refractivity contribution is -0.134. The smallest absolute Gasteiger partial charge is 0.408 e. The van der Waals surface area contributed by atoms with Crippen molar-refractivity contribution in [2.45, 2.75) is 56.5 Å². The zero-order valence-electron chi connectivity index (χ0n) is 17.3. The van der Waals surface area contributed by atoms with Crippen LogP contribution in [0.15, 0.2) is 30.3 Å². The van der Waals surface area contributed by atoms with Gasteiger partial charge in [-0.1, -0.05) is 30.3 Å². The summed E-state index contributed by atoms with van der Waals surface area (Å²) in [6.07, 6.45) is 0.698. The van der Waals surface area contributed by atoms with Gasteiger partial charge in [-0.05, 0) is 31.2 Å². The number of likely N-dealkylation sites (N-methyl/N-ethyl adjacent to an activating group) is 1. The average Bonchev–Trinajstić information content (AvgIpc) is 3.11. The Morgan fingerprint density at radius 2 is 1.97 bits per heavy atom. The first kappa shape index (κ1) is 21.9. The number of hydrogen-bond acceptors (Lipinski definition) is 5. The lowest BCUT2D eigenvalue weighted by Gasteiger charge is -2.43. The molecule has 1 saturated heterocycles. The van der Waals surface area contributed by atoms with Crippen molar-refractivity contribution in [1.82, 2.24) is 15.1 Å². The van der Waals surface area contributed by atoms with Crippen LogP contribution in [-0.2, 0) is 20.9 Å².